The Labute approximate surface area is 126 Å². The van der Waals surface area contributed by atoms with Crippen molar-refractivity contribution < 1.29 is 9.53 Å². The summed E-state index contributed by atoms with van der Waals surface area (Å²) >= 11 is 0. The van der Waals surface area contributed by atoms with Crippen LogP contribution in [0.5, 0.6) is 0 Å². The fourth-order valence-electron chi connectivity index (χ4n) is 2.46. The van der Waals surface area contributed by atoms with E-state index in [1.54, 1.807) is 7.11 Å². The lowest BCUT2D eigenvalue weighted by Crippen LogP contribution is -2.48. The molecule has 0 radical (unpaired) electrons. The third-order valence-corrected chi connectivity index (χ3v) is 3.87. The maximum atomic E-state index is 12.3. The Hall–Kier alpha value is -1.37. The smallest absolute Gasteiger partial charge is 0.242 e. The van der Waals surface area contributed by atoms with Crippen LogP contribution in [0.4, 0.5) is 0 Å². The molecule has 0 spiro atoms. The molecule has 2 heterocycles. The first-order chi connectivity index (χ1) is 10.2. The van der Waals surface area contributed by atoms with Gasteiger partial charge in [-0.25, -0.2) is 0 Å². The monoisotopic (exact) mass is 294 g/mol. The number of hydrogen-bond donors (Lipinski definition) is 1. The Kier molecular flexibility index (Phi) is 6.22. The van der Waals surface area contributed by atoms with Crippen LogP contribution in [0, 0.1) is 0 Å². The highest BCUT2D eigenvalue weighted by Crippen LogP contribution is 2.06. The van der Waals surface area contributed by atoms with Crippen LogP contribution in [-0.4, -0.2) is 73.8 Å². The average molecular weight is 294 g/mol. The van der Waals surface area contributed by atoms with E-state index in [9.17, 15) is 4.79 Å². The molecule has 0 atom stereocenters. The van der Waals surface area contributed by atoms with Gasteiger partial charge in [0.15, 0.2) is 0 Å². The Morgan fingerprint density at radius 2 is 2.10 bits per heavy atom. The number of nitrogens with one attached hydrogen (secondary N) is 1. The Bertz CT molecular complexity index is 439. The lowest BCUT2D eigenvalue weighted by Gasteiger charge is -2.32. The van der Waals surface area contributed by atoms with Gasteiger partial charge in [0.1, 0.15) is 6.54 Å². The van der Waals surface area contributed by atoms with E-state index in [0.717, 1.165) is 45.0 Å². The van der Waals surface area contributed by atoms with Crippen LogP contribution in [0.25, 0.3) is 0 Å². The van der Waals surface area contributed by atoms with Gasteiger partial charge in [-0.05, 0) is 19.2 Å². The van der Waals surface area contributed by atoms with Crippen LogP contribution < -0.4 is 5.32 Å². The van der Waals surface area contributed by atoms with E-state index in [4.69, 9.17) is 4.74 Å². The number of amides is 1. The van der Waals surface area contributed by atoms with Gasteiger partial charge in [-0.15, -0.1) is 0 Å². The zero-order valence-electron chi connectivity index (χ0n) is 13.0. The lowest BCUT2D eigenvalue weighted by atomic mass is 10.3. The highest BCUT2D eigenvalue weighted by Gasteiger charge is 2.19. The molecule has 1 aliphatic heterocycles. The second-order valence-electron chi connectivity index (χ2n) is 5.48. The van der Waals surface area contributed by atoms with E-state index < -0.39 is 0 Å². The van der Waals surface area contributed by atoms with Crippen LogP contribution in [0.3, 0.4) is 0 Å². The molecular formula is C15H26N4O2. The van der Waals surface area contributed by atoms with E-state index in [0.29, 0.717) is 13.2 Å². The summed E-state index contributed by atoms with van der Waals surface area (Å²) in [6.45, 7) is 6.28. The molecule has 6 heteroatoms. The SMILES string of the molecule is COCCNCc1cccn1CC(=O)N1CCN(C)CC1. The van der Waals surface area contributed by atoms with Crippen molar-refractivity contribution in [1.82, 2.24) is 19.7 Å². The van der Waals surface area contributed by atoms with Gasteiger partial charge < -0.3 is 24.4 Å². The number of aromatic nitrogens is 1. The summed E-state index contributed by atoms with van der Waals surface area (Å²) in [7, 11) is 3.79. The molecule has 0 saturated carbocycles. The van der Waals surface area contributed by atoms with Crippen LogP contribution in [-0.2, 0) is 22.6 Å². The van der Waals surface area contributed by atoms with Crippen molar-refractivity contribution in [3.8, 4) is 0 Å². The molecule has 0 bridgehead atoms. The zero-order chi connectivity index (χ0) is 15.1. The number of hydrogen-bond acceptors (Lipinski definition) is 4. The maximum Gasteiger partial charge on any atom is 0.242 e. The van der Waals surface area contributed by atoms with E-state index in [1.807, 2.05) is 21.7 Å². The van der Waals surface area contributed by atoms with Crippen LogP contribution >= 0.6 is 0 Å². The summed E-state index contributed by atoms with van der Waals surface area (Å²) in [4.78, 5) is 16.6. The topological polar surface area (TPSA) is 49.7 Å². The van der Waals surface area contributed by atoms with Gasteiger partial charge in [0.25, 0.3) is 0 Å². The van der Waals surface area contributed by atoms with Crippen molar-refractivity contribution in [2.45, 2.75) is 13.1 Å². The number of piperazine rings is 1. The molecule has 0 unspecified atom stereocenters. The van der Waals surface area contributed by atoms with Gasteiger partial charge in [-0.2, -0.15) is 0 Å². The largest absolute Gasteiger partial charge is 0.383 e. The summed E-state index contributed by atoms with van der Waals surface area (Å²) in [6.07, 6.45) is 1.97. The molecule has 1 aromatic heterocycles. The van der Waals surface area contributed by atoms with Crippen molar-refractivity contribution in [1.29, 1.82) is 0 Å². The minimum Gasteiger partial charge on any atom is -0.383 e. The van der Waals surface area contributed by atoms with E-state index >= 15 is 0 Å². The van der Waals surface area contributed by atoms with E-state index in [-0.39, 0.29) is 5.91 Å². The minimum atomic E-state index is 0.206. The van der Waals surface area contributed by atoms with Crippen LogP contribution in [0.15, 0.2) is 18.3 Å². The van der Waals surface area contributed by atoms with Crippen molar-refractivity contribution >= 4 is 5.91 Å². The molecule has 2 rings (SSSR count). The summed E-state index contributed by atoms with van der Waals surface area (Å²) in [5, 5.41) is 3.31. The number of methoxy groups -OCH3 is 1. The van der Waals surface area contributed by atoms with Gasteiger partial charge in [0.05, 0.1) is 6.61 Å². The van der Waals surface area contributed by atoms with Gasteiger partial charge in [-0.3, -0.25) is 4.79 Å². The zero-order valence-corrected chi connectivity index (χ0v) is 13.0. The molecule has 118 valence electrons. The average Bonchev–Trinajstić information content (AvgIpc) is 2.91. The maximum absolute atomic E-state index is 12.3. The molecule has 1 saturated heterocycles. The summed E-state index contributed by atoms with van der Waals surface area (Å²) in [6, 6.07) is 4.04. The fraction of sp³-hybridized carbons (Fsp3) is 0.667. The van der Waals surface area contributed by atoms with Crippen molar-refractivity contribution in [2.75, 3.05) is 53.5 Å². The quantitative estimate of drug-likeness (QED) is 0.719. The van der Waals surface area contributed by atoms with Crippen molar-refractivity contribution in [2.24, 2.45) is 0 Å². The van der Waals surface area contributed by atoms with Crippen LogP contribution in [0.2, 0.25) is 0 Å². The highest BCUT2D eigenvalue weighted by molar-refractivity contribution is 5.76. The summed E-state index contributed by atoms with van der Waals surface area (Å²) < 4.78 is 7.04. The molecule has 1 aromatic rings. The molecule has 6 nitrogen and oxygen atoms in total. The first kappa shape index (κ1) is 16.0. The Balaban J connectivity index is 1.82. The normalized spacial score (nSPS) is 16.4. The second kappa shape index (κ2) is 8.17. The number of ether oxygens (including phenoxy) is 1. The molecule has 1 fully saturated rings. The van der Waals surface area contributed by atoms with Crippen LogP contribution in [0.1, 0.15) is 5.69 Å². The number of carbonyl (C=O) groups is 1. The summed E-state index contributed by atoms with van der Waals surface area (Å²) in [5.74, 6) is 0.206. The van der Waals surface area contributed by atoms with Gasteiger partial charge >= 0.3 is 0 Å². The second-order valence-corrected chi connectivity index (χ2v) is 5.48. The van der Waals surface area contributed by atoms with E-state index in [1.165, 1.54) is 0 Å². The Morgan fingerprint density at radius 3 is 2.81 bits per heavy atom. The number of nitrogens with zero attached hydrogens (tertiary/aromatic N) is 3. The van der Waals surface area contributed by atoms with E-state index in [2.05, 4.69) is 23.3 Å². The molecule has 0 aromatic carbocycles. The molecule has 1 N–H and O–H groups in total. The highest BCUT2D eigenvalue weighted by atomic mass is 16.5. The predicted octanol–water partition coefficient (Wildman–Crippen LogP) is -0.00190. The predicted molar refractivity (Wildman–Crippen MR) is 82.1 cm³/mol. The van der Waals surface area contributed by atoms with Crippen molar-refractivity contribution in [3.05, 3.63) is 24.0 Å². The van der Waals surface area contributed by atoms with Gasteiger partial charge in [0, 0.05) is 58.3 Å². The van der Waals surface area contributed by atoms with Crippen molar-refractivity contribution in [3.63, 3.8) is 0 Å². The third kappa shape index (κ3) is 4.84. The van der Waals surface area contributed by atoms with Gasteiger partial charge in [-0.1, -0.05) is 0 Å². The Morgan fingerprint density at radius 1 is 1.33 bits per heavy atom. The number of rotatable bonds is 7. The molecule has 0 aliphatic carbocycles. The number of likely N-dealkylation sites (N-methyl/N-ethyl adjacent to an activating group) is 1. The molecule has 21 heavy (non-hydrogen) atoms. The number of carbonyl (C=O) groups excluding carboxylic acids is 1. The molecule has 1 amide bonds. The summed E-state index contributed by atoms with van der Waals surface area (Å²) in [5.41, 5.74) is 1.13. The third-order valence-electron chi connectivity index (χ3n) is 3.87. The lowest BCUT2D eigenvalue weighted by molar-refractivity contribution is -0.133. The molecule has 1 aliphatic rings. The minimum absolute atomic E-state index is 0.206. The fourth-order valence-corrected chi connectivity index (χ4v) is 2.46. The standard InChI is InChI=1S/C15H26N4O2/c1-17-7-9-18(10-8-17)15(20)13-19-6-3-4-14(19)12-16-5-11-21-2/h3-4,6,16H,5,7-13H2,1-2H3. The molecular weight excluding hydrogens is 268 g/mol. The van der Waals surface area contributed by atoms with Gasteiger partial charge in [0.2, 0.25) is 5.91 Å². The first-order valence-corrected chi connectivity index (χ1v) is 7.50. The first-order valence-electron chi connectivity index (χ1n) is 7.50.